The molecule has 0 spiro atoms. The molecule has 0 saturated carbocycles. The first-order valence-corrected chi connectivity index (χ1v) is 6.08. The lowest BCUT2D eigenvalue weighted by Crippen LogP contribution is -2.23. The van der Waals surface area contributed by atoms with Crippen LogP contribution in [-0.2, 0) is 4.79 Å². The topological polar surface area (TPSA) is 54.9 Å². The van der Waals surface area contributed by atoms with Crippen LogP contribution in [0.15, 0.2) is 12.4 Å². The Kier molecular flexibility index (Phi) is 3.43. The number of aromatic nitrogens is 2. The summed E-state index contributed by atoms with van der Waals surface area (Å²) < 4.78 is 0. The first-order valence-electron chi connectivity index (χ1n) is 4.66. The van der Waals surface area contributed by atoms with Gasteiger partial charge in [-0.3, -0.25) is 4.79 Å². The van der Waals surface area contributed by atoms with Crippen molar-refractivity contribution in [3.63, 3.8) is 0 Å². The summed E-state index contributed by atoms with van der Waals surface area (Å²) >= 11 is 7.37. The fourth-order valence-corrected chi connectivity index (χ4v) is 2.70. The number of amides is 1. The SMILES string of the molecule is O=C(Nc1cc(Cl)ncn1)C1CCCS1. The third kappa shape index (κ3) is 2.82. The van der Waals surface area contributed by atoms with Gasteiger partial charge in [0.15, 0.2) is 0 Å². The number of hydrogen-bond donors (Lipinski definition) is 1. The molecule has 1 aliphatic rings. The smallest absolute Gasteiger partial charge is 0.238 e. The summed E-state index contributed by atoms with van der Waals surface area (Å²) in [6.07, 6.45) is 3.38. The van der Waals surface area contributed by atoms with Gasteiger partial charge in [-0.1, -0.05) is 11.6 Å². The molecule has 1 aromatic heterocycles. The maximum absolute atomic E-state index is 11.7. The van der Waals surface area contributed by atoms with Crippen molar-refractivity contribution in [3.8, 4) is 0 Å². The minimum atomic E-state index is 0.00673. The van der Waals surface area contributed by atoms with Crippen LogP contribution >= 0.6 is 23.4 Å². The molecule has 2 rings (SSSR count). The first kappa shape index (κ1) is 10.7. The zero-order chi connectivity index (χ0) is 10.7. The maximum atomic E-state index is 11.7. The Bertz CT molecular complexity index is 368. The monoisotopic (exact) mass is 243 g/mol. The lowest BCUT2D eigenvalue weighted by atomic mass is 10.2. The van der Waals surface area contributed by atoms with Gasteiger partial charge in [-0.25, -0.2) is 9.97 Å². The second kappa shape index (κ2) is 4.81. The molecule has 0 bridgehead atoms. The molecule has 0 aliphatic carbocycles. The Morgan fingerprint density at radius 2 is 2.47 bits per heavy atom. The van der Waals surface area contributed by atoms with Crippen LogP contribution in [-0.4, -0.2) is 26.9 Å². The molecule has 1 aromatic rings. The predicted octanol–water partition coefficient (Wildman–Crippen LogP) is 1.96. The standard InChI is InChI=1S/C9H10ClN3OS/c10-7-4-8(12-5-11-7)13-9(14)6-2-1-3-15-6/h4-6H,1-3H2,(H,11,12,13,14). The highest BCUT2D eigenvalue weighted by Crippen LogP contribution is 2.27. The Labute approximate surface area is 96.8 Å². The van der Waals surface area contributed by atoms with E-state index in [4.69, 9.17) is 11.6 Å². The lowest BCUT2D eigenvalue weighted by Gasteiger charge is -2.08. The van der Waals surface area contributed by atoms with Gasteiger partial charge in [0.2, 0.25) is 5.91 Å². The number of carbonyl (C=O) groups is 1. The van der Waals surface area contributed by atoms with Crippen LogP contribution in [0.25, 0.3) is 0 Å². The third-order valence-electron chi connectivity index (χ3n) is 2.11. The Morgan fingerprint density at radius 1 is 1.60 bits per heavy atom. The molecule has 6 heteroatoms. The van der Waals surface area contributed by atoms with Crippen molar-refractivity contribution in [3.05, 3.63) is 17.5 Å². The number of halogens is 1. The van der Waals surface area contributed by atoms with E-state index < -0.39 is 0 Å². The zero-order valence-electron chi connectivity index (χ0n) is 7.94. The lowest BCUT2D eigenvalue weighted by molar-refractivity contribution is -0.115. The van der Waals surface area contributed by atoms with Crippen molar-refractivity contribution in [2.75, 3.05) is 11.1 Å². The summed E-state index contributed by atoms with van der Waals surface area (Å²) in [5.74, 6) is 1.53. The van der Waals surface area contributed by atoms with Crippen LogP contribution in [0.5, 0.6) is 0 Å². The Balaban J connectivity index is 1.99. The molecule has 1 amide bonds. The highest BCUT2D eigenvalue weighted by Gasteiger charge is 2.23. The number of nitrogens with zero attached hydrogens (tertiary/aromatic N) is 2. The normalized spacial score (nSPS) is 20.2. The molecule has 0 aromatic carbocycles. The fraction of sp³-hybridized carbons (Fsp3) is 0.444. The summed E-state index contributed by atoms with van der Waals surface area (Å²) in [5, 5.41) is 3.12. The van der Waals surface area contributed by atoms with Crippen LogP contribution < -0.4 is 5.32 Å². The highest BCUT2D eigenvalue weighted by atomic mass is 35.5. The molecule has 1 fully saturated rings. The fourth-order valence-electron chi connectivity index (χ4n) is 1.39. The largest absolute Gasteiger partial charge is 0.310 e. The van der Waals surface area contributed by atoms with Gasteiger partial charge in [0.05, 0.1) is 5.25 Å². The van der Waals surface area contributed by atoms with Crippen molar-refractivity contribution in [2.24, 2.45) is 0 Å². The van der Waals surface area contributed by atoms with Crippen LogP contribution in [0, 0.1) is 0 Å². The van der Waals surface area contributed by atoms with Gasteiger partial charge in [-0.2, -0.15) is 0 Å². The van der Waals surface area contributed by atoms with E-state index >= 15 is 0 Å². The zero-order valence-corrected chi connectivity index (χ0v) is 9.51. The molecular weight excluding hydrogens is 234 g/mol. The van der Waals surface area contributed by atoms with Crippen molar-refractivity contribution in [2.45, 2.75) is 18.1 Å². The van der Waals surface area contributed by atoms with Gasteiger partial charge in [0.1, 0.15) is 17.3 Å². The average Bonchev–Trinajstić information content (AvgIpc) is 2.70. The van der Waals surface area contributed by atoms with E-state index in [0.29, 0.717) is 11.0 Å². The summed E-state index contributed by atoms with van der Waals surface area (Å²) in [7, 11) is 0. The number of hydrogen-bond acceptors (Lipinski definition) is 4. The summed E-state index contributed by atoms with van der Waals surface area (Å²) in [4.78, 5) is 19.3. The third-order valence-corrected chi connectivity index (χ3v) is 3.69. The number of carbonyl (C=O) groups excluding carboxylic acids is 1. The number of rotatable bonds is 2. The van der Waals surface area contributed by atoms with Gasteiger partial charge in [0.25, 0.3) is 0 Å². The molecule has 1 atom stereocenters. The van der Waals surface area contributed by atoms with Gasteiger partial charge >= 0.3 is 0 Å². The Hall–Kier alpha value is -0.810. The van der Waals surface area contributed by atoms with Crippen LogP contribution in [0.4, 0.5) is 5.82 Å². The van der Waals surface area contributed by atoms with Gasteiger partial charge in [-0.05, 0) is 18.6 Å². The quantitative estimate of drug-likeness (QED) is 0.807. The van der Waals surface area contributed by atoms with Crippen LogP contribution in [0.3, 0.4) is 0 Å². The van der Waals surface area contributed by atoms with E-state index in [1.165, 1.54) is 6.33 Å². The molecule has 1 unspecified atom stereocenters. The second-order valence-corrected chi connectivity index (χ2v) is 4.91. The minimum Gasteiger partial charge on any atom is -0.310 e. The van der Waals surface area contributed by atoms with E-state index in [1.54, 1.807) is 17.8 Å². The summed E-state index contributed by atoms with van der Waals surface area (Å²) in [6.45, 7) is 0. The number of anilines is 1. The van der Waals surface area contributed by atoms with Crippen LogP contribution in [0.2, 0.25) is 5.15 Å². The van der Waals surface area contributed by atoms with Crippen molar-refractivity contribution < 1.29 is 4.79 Å². The molecule has 80 valence electrons. The van der Waals surface area contributed by atoms with E-state index in [1.807, 2.05) is 0 Å². The van der Waals surface area contributed by atoms with Crippen molar-refractivity contribution in [1.29, 1.82) is 0 Å². The first-order chi connectivity index (χ1) is 7.25. The van der Waals surface area contributed by atoms with Gasteiger partial charge in [0, 0.05) is 6.07 Å². The minimum absolute atomic E-state index is 0.00673. The van der Waals surface area contributed by atoms with Crippen molar-refractivity contribution in [1.82, 2.24) is 9.97 Å². The molecule has 2 heterocycles. The van der Waals surface area contributed by atoms with E-state index in [2.05, 4.69) is 15.3 Å². The maximum Gasteiger partial charge on any atom is 0.238 e. The number of thioether (sulfide) groups is 1. The van der Waals surface area contributed by atoms with E-state index in [-0.39, 0.29) is 11.2 Å². The highest BCUT2D eigenvalue weighted by molar-refractivity contribution is 8.00. The van der Waals surface area contributed by atoms with Gasteiger partial charge in [-0.15, -0.1) is 11.8 Å². The van der Waals surface area contributed by atoms with Crippen LogP contribution in [0.1, 0.15) is 12.8 Å². The molecular formula is C9H10ClN3OS. The van der Waals surface area contributed by atoms with Crippen molar-refractivity contribution >= 4 is 35.1 Å². The molecule has 0 radical (unpaired) electrons. The molecule has 4 nitrogen and oxygen atoms in total. The number of nitrogens with one attached hydrogen (secondary N) is 1. The molecule has 1 N–H and O–H groups in total. The van der Waals surface area contributed by atoms with E-state index in [9.17, 15) is 4.79 Å². The van der Waals surface area contributed by atoms with E-state index in [0.717, 1.165) is 18.6 Å². The Morgan fingerprint density at radius 3 is 3.13 bits per heavy atom. The predicted molar refractivity (Wildman–Crippen MR) is 61.2 cm³/mol. The molecule has 1 aliphatic heterocycles. The summed E-state index contributed by atoms with van der Waals surface area (Å²) in [6, 6.07) is 1.54. The second-order valence-electron chi connectivity index (χ2n) is 3.22. The molecule has 15 heavy (non-hydrogen) atoms. The average molecular weight is 244 g/mol. The molecule has 1 saturated heterocycles. The van der Waals surface area contributed by atoms with Gasteiger partial charge < -0.3 is 5.32 Å². The summed E-state index contributed by atoms with van der Waals surface area (Å²) in [5.41, 5.74) is 0.